The maximum Gasteiger partial charge on any atom is 0.304 e. The SMILES string of the molecule is O=C(O)CC(c1ccc2c(c1)CCO2)c1ccc2ccc(OCC(=O)NC3CCCCCC3)cc2c1. The molecule has 0 aromatic heterocycles. The summed E-state index contributed by atoms with van der Waals surface area (Å²) >= 11 is 0. The number of nitrogens with one attached hydrogen (secondary N) is 1. The highest BCUT2D eigenvalue weighted by Crippen LogP contribution is 2.35. The molecule has 188 valence electrons. The minimum atomic E-state index is -0.839. The molecule has 1 amide bonds. The molecule has 1 heterocycles. The summed E-state index contributed by atoms with van der Waals surface area (Å²) in [4.78, 5) is 24.2. The van der Waals surface area contributed by atoms with Gasteiger partial charge in [0.2, 0.25) is 0 Å². The molecular formula is C30H33NO5. The van der Waals surface area contributed by atoms with E-state index in [0.29, 0.717) is 12.4 Å². The molecule has 0 radical (unpaired) electrons. The molecule has 2 N–H and O–H groups in total. The standard InChI is InChI=1S/C30H33NO5/c32-29(31-25-5-3-1-2-4-6-25)19-36-26-11-9-20-7-8-21(16-24(20)17-26)27(18-30(33)34)22-10-12-28-23(15-22)13-14-35-28/h7-12,15-17,25,27H,1-6,13-14,18-19H2,(H,31,32)(H,33,34). The molecule has 1 unspecified atom stereocenters. The fourth-order valence-corrected chi connectivity index (χ4v) is 5.42. The number of amides is 1. The van der Waals surface area contributed by atoms with Crippen LogP contribution in [-0.4, -0.2) is 36.2 Å². The zero-order chi connectivity index (χ0) is 24.9. The van der Waals surface area contributed by atoms with E-state index in [0.717, 1.165) is 52.5 Å². The Kier molecular flexibility index (Phi) is 7.40. The maximum absolute atomic E-state index is 12.4. The number of carboxylic acid groups (broad SMARTS) is 1. The number of carbonyl (C=O) groups excluding carboxylic acids is 1. The van der Waals surface area contributed by atoms with Gasteiger partial charge in [0.1, 0.15) is 11.5 Å². The van der Waals surface area contributed by atoms with Gasteiger partial charge in [-0.05, 0) is 58.5 Å². The van der Waals surface area contributed by atoms with Crippen LogP contribution in [-0.2, 0) is 16.0 Å². The lowest BCUT2D eigenvalue weighted by Crippen LogP contribution is -2.37. The van der Waals surface area contributed by atoms with Gasteiger partial charge in [-0.15, -0.1) is 0 Å². The van der Waals surface area contributed by atoms with Crippen molar-refractivity contribution in [1.82, 2.24) is 5.32 Å². The summed E-state index contributed by atoms with van der Waals surface area (Å²) in [7, 11) is 0. The van der Waals surface area contributed by atoms with E-state index in [1.54, 1.807) is 0 Å². The van der Waals surface area contributed by atoms with Gasteiger partial charge in [-0.3, -0.25) is 9.59 Å². The molecule has 2 aliphatic rings. The second-order valence-electron chi connectivity index (χ2n) is 9.93. The Bertz CT molecular complexity index is 1250. The molecule has 0 saturated heterocycles. The highest BCUT2D eigenvalue weighted by molar-refractivity contribution is 5.85. The van der Waals surface area contributed by atoms with Crippen LogP contribution in [0.4, 0.5) is 0 Å². The summed E-state index contributed by atoms with van der Waals surface area (Å²) < 4.78 is 11.4. The zero-order valence-electron chi connectivity index (χ0n) is 20.5. The number of fused-ring (bicyclic) bond motifs is 2. The van der Waals surface area contributed by atoms with E-state index < -0.39 is 5.97 Å². The lowest BCUT2D eigenvalue weighted by Gasteiger charge is -2.18. The van der Waals surface area contributed by atoms with Crippen molar-refractivity contribution in [3.8, 4) is 11.5 Å². The molecule has 1 aliphatic carbocycles. The van der Waals surface area contributed by atoms with E-state index in [4.69, 9.17) is 9.47 Å². The monoisotopic (exact) mass is 487 g/mol. The topological polar surface area (TPSA) is 84.9 Å². The quantitative estimate of drug-likeness (QED) is 0.404. The van der Waals surface area contributed by atoms with E-state index in [1.807, 2.05) is 48.5 Å². The van der Waals surface area contributed by atoms with Crippen LogP contribution in [0.5, 0.6) is 11.5 Å². The number of carbonyl (C=O) groups is 2. The predicted molar refractivity (Wildman–Crippen MR) is 139 cm³/mol. The van der Waals surface area contributed by atoms with Crippen LogP contribution in [0.2, 0.25) is 0 Å². The maximum atomic E-state index is 12.4. The molecule has 36 heavy (non-hydrogen) atoms. The van der Waals surface area contributed by atoms with Gasteiger partial charge in [0.05, 0.1) is 13.0 Å². The van der Waals surface area contributed by atoms with Crippen molar-refractivity contribution >= 4 is 22.6 Å². The van der Waals surface area contributed by atoms with Crippen molar-refractivity contribution < 1.29 is 24.2 Å². The molecule has 1 aliphatic heterocycles. The van der Waals surface area contributed by atoms with Crippen molar-refractivity contribution in [3.63, 3.8) is 0 Å². The number of carboxylic acids is 1. The van der Waals surface area contributed by atoms with Crippen LogP contribution in [0.15, 0.2) is 54.6 Å². The molecule has 3 aromatic carbocycles. The van der Waals surface area contributed by atoms with Gasteiger partial charge in [0, 0.05) is 18.4 Å². The highest BCUT2D eigenvalue weighted by atomic mass is 16.5. The molecule has 0 bridgehead atoms. The molecule has 0 spiro atoms. The first-order valence-corrected chi connectivity index (χ1v) is 13.0. The van der Waals surface area contributed by atoms with Gasteiger partial charge in [-0.25, -0.2) is 0 Å². The van der Waals surface area contributed by atoms with Crippen LogP contribution >= 0.6 is 0 Å². The molecule has 1 fully saturated rings. The Morgan fingerprint density at radius 3 is 2.50 bits per heavy atom. The molecule has 6 heteroatoms. The smallest absolute Gasteiger partial charge is 0.304 e. The van der Waals surface area contributed by atoms with Gasteiger partial charge < -0.3 is 19.9 Å². The fourth-order valence-electron chi connectivity index (χ4n) is 5.42. The second-order valence-corrected chi connectivity index (χ2v) is 9.93. The van der Waals surface area contributed by atoms with E-state index in [-0.39, 0.29) is 30.9 Å². The van der Waals surface area contributed by atoms with Gasteiger partial charge in [0.15, 0.2) is 6.61 Å². The predicted octanol–water partition coefficient (Wildman–Crippen LogP) is 5.60. The third-order valence-electron chi connectivity index (χ3n) is 7.32. The Morgan fingerprint density at radius 2 is 1.69 bits per heavy atom. The Morgan fingerprint density at radius 1 is 0.944 bits per heavy atom. The molecule has 1 atom stereocenters. The molecule has 3 aromatic rings. The first-order chi connectivity index (χ1) is 17.5. The Balaban J connectivity index is 1.32. The third-order valence-corrected chi connectivity index (χ3v) is 7.32. The Hall–Kier alpha value is -3.54. The lowest BCUT2D eigenvalue weighted by molar-refractivity contribution is -0.137. The summed E-state index contributed by atoms with van der Waals surface area (Å²) in [6, 6.07) is 18.0. The molecule has 5 rings (SSSR count). The van der Waals surface area contributed by atoms with Crippen LogP contribution in [0.1, 0.15) is 67.6 Å². The summed E-state index contributed by atoms with van der Waals surface area (Å²) in [5.41, 5.74) is 3.04. The summed E-state index contributed by atoms with van der Waals surface area (Å²) in [6.07, 6.45) is 7.75. The third kappa shape index (κ3) is 5.81. The molecule has 6 nitrogen and oxygen atoms in total. The van der Waals surface area contributed by atoms with Crippen molar-refractivity contribution in [2.24, 2.45) is 0 Å². The van der Waals surface area contributed by atoms with Crippen LogP contribution in [0.25, 0.3) is 10.8 Å². The second kappa shape index (κ2) is 11.0. The van der Waals surface area contributed by atoms with Crippen molar-refractivity contribution in [2.45, 2.75) is 63.3 Å². The molecule has 1 saturated carbocycles. The number of hydrogen-bond donors (Lipinski definition) is 2. The van der Waals surface area contributed by atoms with Crippen molar-refractivity contribution in [2.75, 3.05) is 13.2 Å². The fraction of sp³-hybridized carbons (Fsp3) is 0.400. The van der Waals surface area contributed by atoms with Gasteiger partial charge in [0.25, 0.3) is 5.91 Å². The normalized spacial score (nSPS) is 16.6. The largest absolute Gasteiger partial charge is 0.493 e. The van der Waals surface area contributed by atoms with Crippen LogP contribution < -0.4 is 14.8 Å². The Labute approximate surface area is 211 Å². The zero-order valence-corrected chi connectivity index (χ0v) is 20.5. The average molecular weight is 488 g/mol. The number of benzene rings is 3. The summed E-state index contributed by atoms with van der Waals surface area (Å²) in [6.45, 7) is 0.653. The van der Waals surface area contributed by atoms with Crippen molar-refractivity contribution in [1.29, 1.82) is 0 Å². The van der Waals surface area contributed by atoms with E-state index in [1.165, 1.54) is 25.7 Å². The van der Waals surface area contributed by atoms with Crippen LogP contribution in [0, 0.1) is 0 Å². The summed E-state index contributed by atoms with van der Waals surface area (Å²) in [5.74, 6) is 0.315. The van der Waals surface area contributed by atoms with E-state index in [2.05, 4.69) is 11.4 Å². The van der Waals surface area contributed by atoms with E-state index >= 15 is 0 Å². The summed E-state index contributed by atoms with van der Waals surface area (Å²) in [5, 5.41) is 14.7. The minimum Gasteiger partial charge on any atom is -0.493 e. The van der Waals surface area contributed by atoms with Crippen LogP contribution in [0.3, 0.4) is 0 Å². The van der Waals surface area contributed by atoms with Crippen molar-refractivity contribution in [3.05, 3.63) is 71.3 Å². The molecular weight excluding hydrogens is 454 g/mol. The number of hydrogen-bond acceptors (Lipinski definition) is 4. The minimum absolute atomic E-state index is 0.00266. The van der Waals surface area contributed by atoms with Gasteiger partial charge in [-0.2, -0.15) is 0 Å². The van der Waals surface area contributed by atoms with Gasteiger partial charge >= 0.3 is 5.97 Å². The first kappa shape index (κ1) is 24.2. The lowest BCUT2D eigenvalue weighted by atomic mass is 9.86. The number of aliphatic carboxylic acids is 1. The number of rotatable bonds is 8. The first-order valence-electron chi connectivity index (χ1n) is 13.0. The highest BCUT2D eigenvalue weighted by Gasteiger charge is 2.22. The van der Waals surface area contributed by atoms with Gasteiger partial charge in [-0.1, -0.05) is 62.1 Å². The van der Waals surface area contributed by atoms with E-state index in [9.17, 15) is 14.7 Å². The number of ether oxygens (including phenoxy) is 2. The average Bonchev–Trinajstić information content (AvgIpc) is 3.20.